The molecular weight excluding hydrogens is 386 g/mol. The van der Waals surface area contributed by atoms with Crippen LogP contribution >= 0.6 is 11.8 Å². The Morgan fingerprint density at radius 3 is 2.48 bits per heavy atom. The molecule has 0 bridgehead atoms. The Labute approximate surface area is 176 Å². The molecule has 2 aromatic rings. The fourth-order valence-electron chi connectivity index (χ4n) is 3.06. The van der Waals surface area contributed by atoms with Crippen LogP contribution in [0.1, 0.15) is 0 Å². The van der Waals surface area contributed by atoms with E-state index < -0.39 is 6.09 Å². The molecule has 8 heteroatoms. The Bertz CT molecular complexity index is 835. The number of likely N-dealkylation sites (N-methyl/N-ethyl adjacent to an activating group) is 1. The number of anilines is 2. The van der Waals surface area contributed by atoms with Gasteiger partial charge in [-0.15, -0.1) is 0 Å². The van der Waals surface area contributed by atoms with Gasteiger partial charge in [0.25, 0.3) is 0 Å². The van der Waals surface area contributed by atoms with Crippen molar-refractivity contribution in [3.05, 3.63) is 42.5 Å². The first kappa shape index (κ1) is 21.0. The lowest BCUT2D eigenvalue weighted by Crippen LogP contribution is -2.44. The van der Waals surface area contributed by atoms with Gasteiger partial charge in [-0.3, -0.25) is 4.99 Å². The monoisotopic (exact) mass is 413 g/mol. The fraction of sp³-hybridized carbons (Fsp3) is 0.333. The van der Waals surface area contributed by atoms with Crippen LogP contribution in [-0.2, 0) is 4.74 Å². The van der Waals surface area contributed by atoms with Gasteiger partial charge in [0.2, 0.25) is 0 Å². The van der Waals surface area contributed by atoms with Crippen molar-refractivity contribution in [1.29, 1.82) is 0 Å². The highest BCUT2D eigenvalue weighted by atomic mass is 32.2. The van der Waals surface area contributed by atoms with Crippen LogP contribution in [-0.4, -0.2) is 64.7 Å². The second kappa shape index (κ2) is 10.2. The third kappa shape index (κ3) is 5.88. The van der Waals surface area contributed by atoms with Crippen LogP contribution in [0, 0.1) is 0 Å². The maximum atomic E-state index is 11.1. The highest BCUT2D eigenvalue weighted by Gasteiger charge is 2.14. The van der Waals surface area contributed by atoms with E-state index in [9.17, 15) is 4.79 Å². The summed E-state index contributed by atoms with van der Waals surface area (Å²) in [6.45, 7) is 8.23. The summed E-state index contributed by atoms with van der Waals surface area (Å²) in [7, 11) is 3.50. The highest BCUT2D eigenvalue weighted by Crippen LogP contribution is 2.35. The van der Waals surface area contributed by atoms with Crippen LogP contribution in [0.4, 0.5) is 21.9 Å². The summed E-state index contributed by atoms with van der Waals surface area (Å²) >= 11 is 1.68. The van der Waals surface area contributed by atoms with Gasteiger partial charge in [0.15, 0.2) is 0 Å². The number of carbonyl (C=O) groups is 1. The van der Waals surface area contributed by atoms with Gasteiger partial charge in [-0.05, 0) is 56.2 Å². The number of piperazine rings is 1. The number of alkyl carbamates (subject to hydrolysis) is 1. The third-order valence-electron chi connectivity index (χ3n) is 4.78. The van der Waals surface area contributed by atoms with Crippen molar-refractivity contribution in [2.45, 2.75) is 9.79 Å². The number of rotatable bonds is 7. The van der Waals surface area contributed by atoms with Crippen LogP contribution in [0.5, 0.6) is 0 Å². The first-order chi connectivity index (χ1) is 14.1. The molecule has 1 heterocycles. The lowest BCUT2D eigenvalue weighted by molar-refractivity contribution is 0.172. The number of nitrogens with zero attached hydrogens (tertiary/aromatic N) is 3. The highest BCUT2D eigenvalue weighted by molar-refractivity contribution is 7.99. The molecule has 0 saturated carbocycles. The van der Waals surface area contributed by atoms with Crippen LogP contribution < -0.4 is 15.5 Å². The normalized spacial score (nSPS) is 14.3. The van der Waals surface area contributed by atoms with Crippen LogP contribution in [0.3, 0.4) is 0 Å². The summed E-state index contributed by atoms with van der Waals surface area (Å²) in [5.74, 6) is 0. The van der Waals surface area contributed by atoms with E-state index in [2.05, 4.69) is 68.2 Å². The molecule has 0 atom stereocenters. The van der Waals surface area contributed by atoms with Gasteiger partial charge in [-0.2, -0.15) is 0 Å². The molecule has 1 aliphatic heterocycles. The molecule has 1 saturated heterocycles. The summed E-state index contributed by atoms with van der Waals surface area (Å²) < 4.78 is 4.55. The van der Waals surface area contributed by atoms with E-state index in [4.69, 9.17) is 0 Å². The Morgan fingerprint density at radius 2 is 1.83 bits per heavy atom. The number of ether oxygens (including phenoxy) is 1. The molecular formula is C21H27N5O2S. The molecule has 3 rings (SSSR count). The first-order valence-corrected chi connectivity index (χ1v) is 10.3. The lowest BCUT2D eigenvalue weighted by Gasteiger charge is -2.34. The van der Waals surface area contributed by atoms with Gasteiger partial charge in [-0.25, -0.2) is 4.79 Å². The molecule has 0 unspecified atom stereocenters. The van der Waals surface area contributed by atoms with E-state index in [1.54, 1.807) is 11.8 Å². The van der Waals surface area contributed by atoms with Crippen molar-refractivity contribution >= 4 is 41.6 Å². The molecule has 7 nitrogen and oxygen atoms in total. The van der Waals surface area contributed by atoms with Crippen molar-refractivity contribution in [3.63, 3.8) is 0 Å². The van der Waals surface area contributed by atoms with Crippen LogP contribution in [0.15, 0.2) is 57.2 Å². The predicted octanol–water partition coefficient (Wildman–Crippen LogP) is 3.65. The molecule has 0 aliphatic carbocycles. The van der Waals surface area contributed by atoms with Gasteiger partial charge in [-0.1, -0.05) is 11.8 Å². The van der Waals surface area contributed by atoms with Crippen molar-refractivity contribution in [3.8, 4) is 0 Å². The zero-order valence-electron chi connectivity index (χ0n) is 16.9. The molecule has 1 aliphatic rings. The lowest BCUT2D eigenvalue weighted by atomic mass is 10.2. The smallest absolute Gasteiger partial charge is 0.408 e. The van der Waals surface area contributed by atoms with Crippen molar-refractivity contribution < 1.29 is 9.53 Å². The van der Waals surface area contributed by atoms with E-state index in [0.717, 1.165) is 42.4 Å². The number of methoxy groups -OCH3 is 1. The molecule has 0 radical (unpaired) electrons. The van der Waals surface area contributed by atoms with E-state index in [1.165, 1.54) is 17.7 Å². The van der Waals surface area contributed by atoms with Gasteiger partial charge < -0.3 is 25.2 Å². The average molecular weight is 414 g/mol. The SMILES string of the molecule is C=Nc1cc(Sc2ccc(N3CCN(C)CC3)cc2)ccc1NCNC(=O)OC. The van der Waals surface area contributed by atoms with Crippen molar-refractivity contribution in [1.82, 2.24) is 10.2 Å². The zero-order chi connectivity index (χ0) is 20.6. The van der Waals surface area contributed by atoms with E-state index >= 15 is 0 Å². The fourth-order valence-corrected chi connectivity index (χ4v) is 3.92. The topological polar surface area (TPSA) is 69.2 Å². The second-order valence-electron chi connectivity index (χ2n) is 6.75. The Balaban J connectivity index is 1.60. The molecule has 1 fully saturated rings. The van der Waals surface area contributed by atoms with E-state index in [0.29, 0.717) is 0 Å². The van der Waals surface area contributed by atoms with Crippen LogP contribution in [0.2, 0.25) is 0 Å². The number of hydrogen-bond donors (Lipinski definition) is 2. The minimum absolute atomic E-state index is 0.245. The summed E-state index contributed by atoms with van der Waals surface area (Å²) in [6.07, 6.45) is -0.488. The zero-order valence-corrected chi connectivity index (χ0v) is 17.7. The summed E-state index contributed by atoms with van der Waals surface area (Å²) in [4.78, 5) is 22.3. The van der Waals surface area contributed by atoms with Gasteiger partial charge in [0.1, 0.15) is 0 Å². The third-order valence-corrected chi connectivity index (χ3v) is 5.77. The Kier molecular flexibility index (Phi) is 7.37. The molecule has 2 N–H and O–H groups in total. The maximum absolute atomic E-state index is 11.1. The van der Waals surface area contributed by atoms with Crippen molar-refractivity contribution in [2.24, 2.45) is 4.99 Å². The molecule has 1 amide bonds. The average Bonchev–Trinajstić information content (AvgIpc) is 2.75. The summed E-state index contributed by atoms with van der Waals surface area (Å²) in [5.41, 5.74) is 2.80. The van der Waals surface area contributed by atoms with E-state index in [-0.39, 0.29) is 6.67 Å². The maximum Gasteiger partial charge on any atom is 0.408 e. The Morgan fingerprint density at radius 1 is 1.14 bits per heavy atom. The molecule has 0 aromatic heterocycles. The van der Waals surface area contributed by atoms with E-state index in [1.807, 2.05) is 18.2 Å². The number of aliphatic imine (C=N–C) groups is 1. The van der Waals surface area contributed by atoms with Crippen LogP contribution in [0.25, 0.3) is 0 Å². The quantitative estimate of drug-likeness (QED) is 0.533. The minimum atomic E-state index is -0.488. The van der Waals surface area contributed by atoms with Gasteiger partial charge >= 0.3 is 6.09 Å². The summed E-state index contributed by atoms with van der Waals surface area (Å²) in [5, 5.41) is 5.68. The summed E-state index contributed by atoms with van der Waals surface area (Å²) in [6, 6.07) is 14.6. The largest absolute Gasteiger partial charge is 0.453 e. The Hall–Kier alpha value is -2.71. The number of amides is 1. The number of benzene rings is 2. The van der Waals surface area contributed by atoms with Crippen molar-refractivity contribution in [2.75, 3.05) is 57.2 Å². The standard InChI is InChI=1S/C21H27N5O2S/c1-22-20-14-18(8-9-19(20)23-15-24-21(27)28-3)29-17-6-4-16(5-7-17)26-12-10-25(2)11-13-26/h4-9,14,23H,1,10-13,15H2,2-3H3,(H,24,27). The number of nitrogens with one attached hydrogen (secondary N) is 2. The second-order valence-corrected chi connectivity index (χ2v) is 7.89. The first-order valence-electron chi connectivity index (χ1n) is 9.47. The molecule has 2 aromatic carbocycles. The molecule has 0 spiro atoms. The van der Waals surface area contributed by atoms with Gasteiger partial charge in [0.05, 0.1) is 25.2 Å². The minimum Gasteiger partial charge on any atom is -0.453 e. The number of carbonyl (C=O) groups excluding carboxylic acids is 1. The molecule has 29 heavy (non-hydrogen) atoms. The predicted molar refractivity (Wildman–Crippen MR) is 120 cm³/mol. The van der Waals surface area contributed by atoms with Gasteiger partial charge in [0, 0.05) is 41.7 Å². The number of hydrogen-bond acceptors (Lipinski definition) is 7. The molecule has 154 valence electrons.